The lowest BCUT2D eigenvalue weighted by molar-refractivity contribution is -0.312. The Balaban J connectivity index is 1.44. The third kappa shape index (κ3) is 9.11. The normalized spacial score (nSPS) is 19.3. The molecule has 2 heterocycles. The number of nitrogens with one attached hydrogen (secondary N) is 1. The quantitative estimate of drug-likeness (QED) is 0.144. The highest BCUT2D eigenvalue weighted by molar-refractivity contribution is 6.74. The first-order valence-electron chi connectivity index (χ1n) is 18.9. The number of carbonyl (C=O) groups excluding carboxylic acids is 2. The second-order valence-corrected chi connectivity index (χ2v) is 21.6. The smallest absolute Gasteiger partial charge is 0.417 e. The highest BCUT2D eigenvalue weighted by Crippen LogP contribution is 2.44. The molecule has 2 amide bonds. The number of imide groups is 1. The van der Waals surface area contributed by atoms with Crippen molar-refractivity contribution < 1.29 is 37.0 Å². The van der Waals surface area contributed by atoms with Gasteiger partial charge in [0.25, 0.3) is 0 Å². The second-order valence-electron chi connectivity index (χ2n) is 16.9. The van der Waals surface area contributed by atoms with Crippen molar-refractivity contribution in [2.75, 3.05) is 25.1 Å². The molecule has 0 bridgehead atoms. The van der Waals surface area contributed by atoms with Crippen LogP contribution in [-0.4, -0.2) is 45.0 Å². The van der Waals surface area contributed by atoms with Gasteiger partial charge in [0.05, 0.1) is 25.2 Å². The number of ether oxygens (including phenoxy) is 3. The summed E-state index contributed by atoms with van der Waals surface area (Å²) in [6.07, 6.45) is -0.371. The van der Waals surface area contributed by atoms with Gasteiger partial charge in [-0.05, 0) is 84.2 Å². The van der Waals surface area contributed by atoms with E-state index in [0.29, 0.717) is 30.2 Å². The molecule has 4 aromatic carbocycles. The Morgan fingerprint density at radius 2 is 1.47 bits per heavy atom. The third-order valence-corrected chi connectivity index (χ3v) is 15.4. The monoisotopic (exact) mass is 770 g/mol. The van der Waals surface area contributed by atoms with Crippen LogP contribution < -0.4 is 9.74 Å². The van der Waals surface area contributed by atoms with Gasteiger partial charge >= 0.3 is 6.09 Å². The first kappa shape index (κ1) is 40.1. The minimum atomic E-state index is -2.16. The fraction of sp³-hybridized carbons (Fsp3) is 0.409. The molecule has 0 saturated carbocycles. The molecule has 0 unspecified atom stereocenters. The SMILES string of the molecule is CC1(C)COC(CC[C@H](C(=O)N2C(=O)OC[C@H]2c2ccccc2)[C@H](Nc2ccc(F)cc2)c2ccc(O[Si](C)(C)C(C)(C)C)cc2)(c2ccc(F)cc2)OC1. The maximum Gasteiger partial charge on any atom is 0.417 e. The first-order chi connectivity index (χ1) is 26.0. The first-order valence-corrected chi connectivity index (χ1v) is 21.8. The highest BCUT2D eigenvalue weighted by atomic mass is 28.4. The van der Waals surface area contributed by atoms with Crippen molar-refractivity contribution in [1.29, 1.82) is 0 Å². The number of cyclic esters (lactones) is 1. The molecule has 2 aliphatic rings. The third-order valence-electron chi connectivity index (χ3n) is 11.1. The van der Waals surface area contributed by atoms with E-state index in [-0.39, 0.29) is 29.9 Å². The van der Waals surface area contributed by atoms with Gasteiger partial charge in [-0.15, -0.1) is 0 Å². The zero-order valence-electron chi connectivity index (χ0n) is 32.7. The molecule has 0 aliphatic carbocycles. The van der Waals surface area contributed by atoms with Crippen LogP contribution in [0.3, 0.4) is 0 Å². The summed E-state index contributed by atoms with van der Waals surface area (Å²) in [6, 6.07) is 27.6. The average molecular weight is 771 g/mol. The van der Waals surface area contributed by atoms with Crippen molar-refractivity contribution in [3.63, 3.8) is 0 Å². The van der Waals surface area contributed by atoms with Gasteiger partial charge in [0.1, 0.15) is 30.0 Å². The highest BCUT2D eigenvalue weighted by Gasteiger charge is 2.47. The minimum absolute atomic E-state index is 0.0116. The van der Waals surface area contributed by atoms with Crippen LogP contribution in [0.2, 0.25) is 18.1 Å². The van der Waals surface area contributed by atoms with Crippen molar-refractivity contribution in [1.82, 2.24) is 4.90 Å². The van der Waals surface area contributed by atoms with Gasteiger partial charge < -0.3 is 24.0 Å². The fourth-order valence-corrected chi connectivity index (χ4v) is 7.77. The summed E-state index contributed by atoms with van der Waals surface area (Å²) in [5, 5.41) is 3.50. The molecule has 0 aromatic heterocycles. The number of anilines is 1. The molecule has 292 valence electrons. The Morgan fingerprint density at radius 1 is 0.891 bits per heavy atom. The Kier molecular flexibility index (Phi) is 11.6. The molecule has 0 spiro atoms. The lowest BCUT2D eigenvalue weighted by atomic mass is 9.84. The van der Waals surface area contributed by atoms with Crippen LogP contribution >= 0.6 is 0 Å². The van der Waals surface area contributed by atoms with E-state index in [1.54, 1.807) is 24.3 Å². The van der Waals surface area contributed by atoms with E-state index >= 15 is 4.79 Å². The predicted octanol–water partition coefficient (Wildman–Crippen LogP) is 10.5. The van der Waals surface area contributed by atoms with Gasteiger partial charge in [0.15, 0.2) is 5.79 Å². The van der Waals surface area contributed by atoms with Crippen LogP contribution in [0.25, 0.3) is 0 Å². The zero-order chi connectivity index (χ0) is 39.6. The van der Waals surface area contributed by atoms with Crippen molar-refractivity contribution in [3.05, 3.63) is 131 Å². The Labute approximate surface area is 324 Å². The lowest BCUT2D eigenvalue weighted by Gasteiger charge is -2.44. The van der Waals surface area contributed by atoms with Crippen LogP contribution in [0, 0.1) is 23.0 Å². The molecule has 3 atom stereocenters. The number of amides is 2. The number of carbonyl (C=O) groups is 2. The van der Waals surface area contributed by atoms with E-state index < -0.39 is 55.7 Å². The second kappa shape index (κ2) is 15.9. The number of benzene rings is 4. The molecular formula is C44H52F2N2O6Si. The standard InChI is InChI=1S/C44H52F2N2O6Si/c1-42(2,3)55(6,7)54-36-23-13-31(14-24-36)39(47-35-21-19-34(46)20-22-35)37(40(49)48-38(27-51-41(48)50)30-11-9-8-10-12-30)25-26-44(32-15-17-33(45)18-16-32)52-28-43(4,5)29-53-44/h8-24,37-39,47H,25-29H2,1-7H3/t37-,38-,39+/m0/s1. The Bertz CT molecular complexity index is 1920. The number of rotatable bonds is 12. The predicted molar refractivity (Wildman–Crippen MR) is 211 cm³/mol. The van der Waals surface area contributed by atoms with Crippen LogP contribution in [0.5, 0.6) is 5.75 Å². The Hall–Kier alpha value is -4.58. The molecule has 0 radical (unpaired) electrons. The molecule has 2 saturated heterocycles. The summed E-state index contributed by atoms with van der Waals surface area (Å²) in [5.41, 5.74) is 2.43. The number of hydrogen-bond acceptors (Lipinski definition) is 7. The lowest BCUT2D eigenvalue weighted by Crippen LogP contribution is -2.47. The molecule has 2 aliphatic heterocycles. The van der Waals surface area contributed by atoms with Gasteiger partial charge in [-0.1, -0.05) is 89.2 Å². The van der Waals surface area contributed by atoms with E-state index in [4.69, 9.17) is 18.6 Å². The van der Waals surface area contributed by atoms with Gasteiger partial charge in [-0.2, -0.15) is 0 Å². The van der Waals surface area contributed by atoms with Crippen molar-refractivity contribution >= 4 is 26.0 Å². The van der Waals surface area contributed by atoms with Crippen LogP contribution in [-0.2, 0) is 24.8 Å². The topological polar surface area (TPSA) is 86.3 Å². The average Bonchev–Trinajstić information content (AvgIpc) is 3.54. The molecule has 11 heteroatoms. The summed E-state index contributed by atoms with van der Waals surface area (Å²) in [7, 11) is -2.16. The van der Waals surface area contributed by atoms with Gasteiger partial charge in [0, 0.05) is 23.1 Å². The zero-order valence-corrected chi connectivity index (χ0v) is 33.7. The van der Waals surface area contributed by atoms with Gasteiger partial charge in [-0.25, -0.2) is 18.5 Å². The Morgan fingerprint density at radius 3 is 2.05 bits per heavy atom. The van der Waals surface area contributed by atoms with E-state index in [9.17, 15) is 13.6 Å². The van der Waals surface area contributed by atoms with E-state index in [1.165, 1.54) is 29.2 Å². The summed E-state index contributed by atoms with van der Waals surface area (Å²) in [6.45, 7) is 15.7. The minimum Gasteiger partial charge on any atom is -0.544 e. The fourth-order valence-electron chi connectivity index (χ4n) is 6.74. The molecule has 1 N–H and O–H groups in total. The molecule has 8 nitrogen and oxygen atoms in total. The van der Waals surface area contributed by atoms with Gasteiger partial charge in [-0.3, -0.25) is 4.79 Å². The number of nitrogens with zero attached hydrogens (tertiary/aromatic N) is 1. The molecular weight excluding hydrogens is 719 g/mol. The largest absolute Gasteiger partial charge is 0.544 e. The number of halogens is 2. The maximum absolute atomic E-state index is 15.2. The molecule has 55 heavy (non-hydrogen) atoms. The van der Waals surface area contributed by atoms with E-state index in [1.807, 2.05) is 68.4 Å². The van der Waals surface area contributed by atoms with Crippen molar-refractivity contribution in [2.24, 2.45) is 11.3 Å². The summed E-state index contributed by atoms with van der Waals surface area (Å²) in [5.74, 6) is -2.74. The molecule has 2 fully saturated rings. The summed E-state index contributed by atoms with van der Waals surface area (Å²) < 4.78 is 53.6. The van der Waals surface area contributed by atoms with Crippen LogP contribution in [0.15, 0.2) is 103 Å². The van der Waals surface area contributed by atoms with Crippen LogP contribution in [0.1, 0.15) is 76.2 Å². The summed E-state index contributed by atoms with van der Waals surface area (Å²) in [4.78, 5) is 29.9. The molecule has 6 rings (SSSR count). The van der Waals surface area contributed by atoms with Crippen LogP contribution in [0.4, 0.5) is 19.3 Å². The van der Waals surface area contributed by atoms with E-state index in [2.05, 4.69) is 39.2 Å². The molecule has 4 aromatic rings. The van der Waals surface area contributed by atoms with Gasteiger partial charge in [0.2, 0.25) is 14.2 Å². The van der Waals surface area contributed by atoms with Crippen molar-refractivity contribution in [3.8, 4) is 5.75 Å². The van der Waals surface area contributed by atoms with E-state index in [0.717, 1.165) is 11.1 Å². The number of hydrogen-bond donors (Lipinski definition) is 1. The van der Waals surface area contributed by atoms with Crippen molar-refractivity contribution in [2.45, 2.75) is 83.5 Å². The maximum atomic E-state index is 15.2. The summed E-state index contributed by atoms with van der Waals surface area (Å²) >= 11 is 0.